The van der Waals surface area contributed by atoms with Gasteiger partial charge < -0.3 is 9.29 Å². The van der Waals surface area contributed by atoms with Crippen molar-refractivity contribution < 1.29 is 14.1 Å². The Morgan fingerprint density at radius 1 is 1.24 bits per heavy atom. The Balaban J connectivity index is 2.37. The maximum Gasteiger partial charge on any atom is 0.413 e. The lowest BCUT2D eigenvalue weighted by Gasteiger charge is -2.28. The monoisotopic (exact) mass is 457 g/mol. The van der Waals surface area contributed by atoms with Crippen LogP contribution >= 0.6 is 22.9 Å². The zero-order chi connectivity index (χ0) is 22.0. The molecule has 1 heterocycles. The van der Waals surface area contributed by atoms with Gasteiger partial charge in [0.25, 0.3) is 0 Å². The summed E-state index contributed by atoms with van der Waals surface area (Å²) >= 11 is 6.40. The molecule has 2 aromatic rings. The Morgan fingerprint density at radius 2 is 1.86 bits per heavy atom. The molecule has 0 fully saturated rings. The van der Waals surface area contributed by atoms with Gasteiger partial charge in [-0.3, -0.25) is 5.32 Å². The third-order valence-electron chi connectivity index (χ3n) is 3.70. The molecule has 0 aliphatic carbocycles. The van der Waals surface area contributed by atoms with Gasteiger partial charge in [0.05, 0.1) is 10.6 Å². The molecule has 6 nitrogen and oxygen atoms in total. The van der Waals surface area contributed by atoms with Crippen molar-refractivity contribution in [2.24, 2.45) is 0 Å². The Morgan fingerprint density at radius 3 is 2.41 bits per heavy atom. The number of hydrogen-bond acceptors (Lipinski definition) is 6. The molecular formula is C20H28ClN3O3S2. The summed E-state index contributed by atoms with van der Waals surface area (Å²) in [6, 6.07) is 6.97. The van der Waals surface area contributed by atoms with Crippen molar-refractivity contribution >= 4 is 45.5 Å². The minimum Gasteiger partial charge on any atom is -0.598 e. The number of carbonyl (C=O) groups excluding carboxylic acids is 1. The zero-order valence-corrected chi connectivity index (χ0v) is 20.1. The molecule has 1 aromatic heterocycles. The zero-order valence-electron chi connectivity index (χ0n) is 17.8. The number of halogens is 1. The second-order valence-electron chi connectivity index (χ2n) is 8.55. The van der Waals surface area contributed by atoms with E-state index in [1.807, 2.05) is 45.9 Å². The third-order valence-corrected chi connectivity index (χ3v) is 6.74. The SMILES string of the molecule is Cc1nc(NC(=O)OC(C)(C)C)sc1C(N[S@+]([O-])C(C)(C)C)c1ccccc1Cl. The number of carbonyl (C=O) groups is 1. The summed E-state index contributed by atoms with van der Waals surface area (Å²) in [5, 5.41) is 3.64. The number of hydrogen-bond donors (Lipinski definition) is 2. The van der Waals surface area contributed by atoms with E-state index >= 15 is 0 Å². The Labute approximate surface area is 184 Å². The van der Waals surface area contributed by atoms with E-state index in [2.05, 4.69) is 15.0 Å². The second-order valence-corrected chi connectivity index (χ2v) is 12.0. The van der Waals surface area contributed by atoms with Crippen LogP contribution in [0.15, 0.2) is 24.3 Å². The first kappa shape index (κ1) is 24.0. The number of aryl methyl sites for hydroxylation is 1. The first-order valence-corrected chi connectivity index (χ1v) is 11.5. The smallest absolute Gasteiger partial charge is 0.413 e. The molecule has 0 aliphatic rings. The molecule has 0 aliphatic heterocycles. The van der Waals surface area contributed by atoms with E-state index in [9.17, 15) is 9.35 Å². The highest BCUT2D eigenvalue weighted by atomic mass is 35.5. The van der Waals surface area contributed by atoms with E-state index in [-0.39, 0.29) is 0 Å². The number of rotatable bonds is 5. The van der Waals surface area contributed by atoms with Crippen molar-refractivity contribution in [2.45, 2.75) is 64.9 Å². The molecule has 160 valence electrons. The van der Waals surface area contributed by atoms with Crippen LogP contribution in [0.4, 0.5) is 9.93 Å². The summed E-state index contributed by atoms with van der Waals surface area (Å²) < 4.78 is 20.9. The Bertz CT molecular complexity index is 859. The van der Waals surface area contributed by atoms with Gasteiger partial charge in [0.1, 0.15) is 16.4 Å². The van der Waals surface area contributed by atoms with Crippen LogP contribution in [0.3, 0.4) is 0 Å². The van der Waals surface area contributed by atoms with Gasteiger partial charge in [0, 0.05) is 16.4 Å². The molecule has 2 rings (SSSR count). The molecule has 2 N–H and O–H groups in total. The fourth-order valence-electron chi connectivity index (χ4n) is 2.37. The van der Waals surface area contributed by atoms with Crippen molar-refractivity contribution in [1.82, 2.24) is 9.71 Å². The minimum absolute atomic E-state index is 0.409. The van der Waals surface area contributed by atoms with E-state index in [0.29, 0.717) is 15.8 Å². The lowest BCUT2D eigenvalue weighted by Crippen LogP contribution is -2.41. The summed E-state index contributed by atoms with van der Waals surface area (Å²) in [6.07, 6.45) is -0.571. The number of amides is 1. The van der Waals surface area contributed by atoms with Crippen LogP contribution in [-0.4, -0.2) is 26.0 Å². The van der Waals surface area contributed by atoms with Gasteiger partial charge in [-0.25, -0.2) is 9.78 Å². The van der Waals surface area contributed by atoms with Gasteiger partial charge >= 0.3 is 6.09 Å². The molecule has 0 bridgehead atoms. The predicted octanol–water partition coefficient (Wildman–Crippen LogP) is 5.59. The van der Waals surface area contributed by atoms with E-state index in [1.54, 1.807) is 26.8 Å². The molecule has 0 spiro atoms. The molecule has 1 aromatic carbocycles. The van der Waals surface area contributed by atoms with Crippen molar-refractivity contribution in [3.05, 3.63) is 45.4 Å². The van der Waals surface area contributed by atoms with E-state index in [0.717, 1.165) is 10.4 Å². The van der Waals surface area contributed by atoms with Crippen LogP contribution in [0.25, 0.3) is 0 Å². The maximum atomic E-state index is 12.8. The number of benzene rings is 1. The molecule has 0 radical (unpaired) electrons. The predicted molar refractivity (Wildman–Crippen MR) is 121 cm³/mol. The highest BCUT2D eigenvalue weighted by Gasteiger charge is 2.33. The van der Waals surface area contributed by atoms with E-state index < -0.39 is 33.8 Å². The van der Waals surface area contributed by atoms with Crippen molar-refractivity contribution in [1.29, 1.82) is 0 Å². The summed E-state index contributed by atoms with van der Waals surface area (Å²) in [7, 11) is 0. The number of nitrogens with zero attached hydrogens (tertiary/aromatic N) is 1. The van der Waals surface area contributed by atoms with Crippen LogP contribution < -0.4 is 10.0 Å². The fourth-order valence-corrected chi connectivity index (χ4v) is 4.53. The lowest BCUT2D eigenvalue weighted by atomic mass is 10.1. The molecule has 2 atom stereocenters. The van der Waals surface area contributed by atoms with Gasteiger partial charge in [-0.1, -0.05) is 41.1 Å². The Kier molecular flexibility index (Phi) is 7.62. The summed E-state index contributed by atoms with van der Waals surface area (Å²) in [5.74, 6) is 0. The minimum atomic E-state index is -1.34. The number of anilines is 1. The van der Waals surface area contributed by atoms with Crippen molar-refractivity contribution in [2.75, 3.05) is 5.32 Å². The standard InChI is InChI=1S/C20H28ClN3O3S2/c1-12-16(28-17(22-12)23-18(25)27-19(2,3)4)15(24-29(26)20(5,6)7)13-10-8-9-11-14(13)21/h8-11,15,24H,1-7H3,(H,22,23,25)/t15?,29-/m1/s1. The quantitative estimate of drug-likeness (QED) is 0.571. The third kappa shape index (κ3) is 6.86. The maximum absolute atomic E-state index is 12.8. The van der Waals surface area contributed by atoms with Crippen LogP contribution in [0.1, 0.15) is 63.7 Å². The number of nitrogens with one attached hydrogen (secondary N) is 2. The molecule has 1 amide bonds. The molecular weight excluding hydrogens is 430 g/mol. The van der Waals surface area contributed by atoms with Crippen LogP contribution in [-0.2, 0) is 16.1 Å². The van der Waals surface area contributed by atoms with Crippen LogP contribution in [0.2, 0.25) is 5.02 Å². The van der Waals surface area contributed by atoms with E-state index in [4.69, 9.17) is 16.3 Å². The first-order valence-electron chi connectivity index (χ1n) is 9.18. The molecule has 0 saturated heterocycles. The normalized spacial score (nSPS) is 14.4. The van der Waals surface area contributed by atoms with Crippen molar-refractivity contribution in [3.63, 3.8) is 0 Å². The average molecular weight is 458 g/mol. The van der Waals surface area contributed by atoms with Gasteiger partial charge in [0.15, 0.2) is 5.13 Å². The van der Waals surface area contributed by atoms with Crippen LogP contribution in [0, 0.1) is 6.92 Å². The van der Waals surface area contributed by atoms with E-state index in [1.165, 1.54) is 11.3 Å². The lowest BCUT2D eigenvalue weighted by molar-refractivity contribution is 0.0636. The Hall–Kier alpha value is -1.32. The van der Waals surface area contributed by atoms with Gasteiger partial charge in [-0.05, 0) is 60.1 Å². The van der Waals surface area contributed by atoms with Gasteiger partial charge in [-0.15, -0.1) is 4.72 Å². The first-order chi connectivity index (χ1) is 13.3. The molecule has 0 saturated carbocycles. The van der Waals surface area contributed by atoms with Crippen LogP contribution in [0.5, 0.6) is 0 Å². The summed E-state index contributed by atoms with van der Waals surface area (Å²) in [6.45, 7) is 12.9. The van der Waals surface area contributed by atoms with Gasteiger partial charge in [-0.2, -0.15) is 0 Å². The second kappa shape index (κ2) is 9.22. The average Bonchev–Trinajstić information content (AvgIpc) is 2.90. The topological polar surface area (TPSA) is 86.3 Å². The largest absolute Gasteiger partial charge is 0.598 e. The number of aromatic nitrogens is 1. The fraction of sp³-hybridized carbons (Fsp3) is 0.500. The number of thiazole rings is 1. The molecule has 9 heteroatoms. The summed E-state index contributed by atoms with van der Waals surface area (Å²) in [4.78, 5) is 17.4. The summed E-state index contributed by atoms with van der Waals surface area (Å²) in [5.41, 5.74) is 0.900. The molecule has 29 heavy (non-hydrogen) atoms. The van der Waals surface area contributed by atoms with Crippen molar-refractivity contribution in [3.8, 4) is 0 Å². The number of ether oxygens (including phenoxy) is 1. The van der Waals surface area contributed by atoms with Gasteiger partial charge in [0.2, 0.25) is 0 Å². The highest BCUT2D eigenvalue weighted by Crippen LogP contribution is 2.37. The molecule has 1 unspecified atom stereocenters. The highest BCUT2D eigenvalue weighted by molar-refractivity contribution is 7.90.